The summed E-state index contributed by atoms with van der Waals surface area (Å²) in [7, 11) is 0. The molecule has 0 aliphatic carbocycles. The van der Waals surface area contributed by atoms with Crippen LogP contribution in [0.5, 0.6) is 0 Å². The normalized spacial score (nSPS) is 11.7. The zero-order valence-corrected chi connectivity index (χ0v) is 12.6. The summed E-state index contributed by atoms with van der Waals surface area (Å²) in [4.78, 5) is 19.0. The molecule has 0 saturated heterocycles. The van der Waals surface area contributed by atoms with Crippen molar-refractivity contribution in [1.82, 2.24) is 19.6 Å². The van der Waals surface area contributed by atoms with E-state index in [9.17, 15) is 18.0 Å². The Morgan fingerprint density at radius 3 is 2.76 bits per heavy atom. The van der Waals surface area contributed by atoms with E-state index in [0.29, 0.717) is 5.65 Å². The highest BCUT2D eigenvalue weighted by Gasteiger charge is 2.34. The first-order valence-corrected chi connectivity index (χ1v) is 6.97. The van der Waals surface area contributed by atoms with Crippen molar-refractivity contribution in [2.24, 2.45) is 5.73 Å². The lowest BCUT2D eigenvalue weighted by molar-refractivity contribution is -0.137. The Kier molecular flexibility index (Phi) is 4.00. The largest absolute Gasteiger partial charge is 0.419 e. The van der Waals surface area contributed by atoms with Gasteiger partial charge >= 0.3 is 6.18 Å². The van der Waals surface area contributed by atoms with Gasteiger partial charge in [-0.2, -0.15) is 18.3 Å². The lowest BCUT2D eigenvalue weighted by Crippen LogP contribution is -2.21. The molecule has 3 aromatic rings. The fraction of sp³-hybridized carbons (Fsp3) is 0.143. The molecule has 1 amide bonds. The number of amides is 1. The second kappa shape index (κ2) is 6.02. The molecule has 0 fully saturated rings. The van der Waals surface area contributed by atoms with Crippen LogP contribution < -0.4 is 16.8 Å². The van der Waals surface area contributed by atoms with Crippen molar-refractivity contribution in [2.75, 3.05) is 17.6 Å². The van der Waals surface area contributed by atoms with Gasteiger partial charge in [0.2, 0.25) is 5.91 Å². The van der Waals surface area contributed by atoms with E-state index in [1.54, 1.807) is 6.07 Å². The monoisotopic (exact) mass is 351 g/mol. The second-order valence-corrected chi connectivity index (χ2v) is 5.05. The number of halogens is 3. The number of nitrogen functional groups attached to an aromatic ring is 1. The molecule has 3 rings (SSSR count). The third-order valence-corrected chi connectivity index (χ3v) is 3.29. The van der Waals surface area contributed by atoms with E-state index in [-0.39, 0.29) is 23.6 Å². The van der Waals surface area contributed by atoms with E-state index in [0.717, 1.165) is 6.07 Å². The molecular formula is C14H12F3N7O. The SMILES string of the molecule is NCC(=O)Nc1cn2nc(-c3cnc(N)c(C(F)(F)F)c3)ccc2n1. The lowest BCUT2D eigenvalue weighted by Gasteiger charge is -2.10. The molecule has 5 N–H and O–H groups in total. The fourth-order valence-corrected chi connectivity index (χ4v) is 2.13. The smallest absolute Gasteiger partial charge is 0.383 e. The quantitative estimate of drug-likeness (QED) is 0.653. The van der Waals surface area contributed by atoms with Gasteiger partial charge in [-0.3, -0.25) is 4.79 Å². The van der Waals surface area contributed by atoms with Gasteiger partial charge in [-0.05, 0) is 18.2 Å². The first-order valence-electron chi connectivity index (χ1n) is 6.97. The number of anilines is 2. The molecule has 0 spiro atoms. The zero-order chi connectivity index (χ0) is 18.2. The molecule has 0 aromatic carbocycles. The molecule has 0 radical (unpaired) electrons. The van der Waals surface area contributed by atoms with Gasteiger partial charge in [0.05, 0.1) is 24.0 Å². The highest BCUT2D eigenvalue weighted by atomic mass is 19.4. The van der Waals surface area contributed by atoms with Gasteiger partial charge < -0.3 is 16.8 Å². The van der Waals surface area contributed by atoms with Gasteiger partial charge in [0, 0.05) is 11.8 Å². The third kappa shape index (κ3) is 3.35. The topological polar surface area (TPSA) is 124 Å². The van der Waals surface area contributed by atoms with Crippen LogP contribution in [0.3, 0.4) is 0 Å². The molecule has 130 valence electrons. The molecule has 0 atom stereocenters. The summed E-state index contributed by atoms with van der Waals surface area (Å²) in [6, 6.07) is 3.92. The molecule has 25 heavy (non-hydrogen) atoms. The first kappa shape index (κ1) is 16.6. The second-order valence-electron chi connectivity index (χ2n) is 5.05. The maximum Gasteiger partial charge on any atom is 0.419 e. The van der Waals surface area contributed by atoms with Gasteiger partial charge in [-0.1, -0.05) is 0 Å². The van der Waals surface area contributed by atoms with Gasteiger partial charge in [-0.25, -0.2) is 14.5 Å². The highest BCUT2D eigenvalue weighted by molar-refractivity contribution is 5.91. The number of fused-ring (bicyclic) bond motifs is 1. The van der Waals surface area contributed by atoms with E-state index < -0.39 is 23.5 Å². The molecule has 0 saturated carbocycles. The Hall–Kier alpha value is -3.21. The molecule has 3 aromatic heterocycles. The number of nitrogens with two attached hydrogens (primary N) is 2. The molecule has 8 nitrogen and oxygen atoms in total. The van der Waals surface area contributed by atoms with Gasteiger partial charge in [0.15, 0.2) is 11.5 Å². The number of pyridine rings is 1. The summed E-state index contributed by atoms with van der Waals surface area (Å²) in [5.74, 6) is -0.806. The number of nitrogens with one attached hydrogen (secondary N) is 1. The van der Waals surface area contributed by atoms with E-state index >= 15 is 0 Å². The highest BCUT2D eigenvalue weighted by Crippen LogP contribution is 2.34. The van der Waals surface area contributed by atoms with Gasteiger partial charge in [-0.15, -0.1) is 0 Å². The summed E-state index contributed by atoms with van der Waals surface area (Å²) < 4.78 is 40.2. The third-order valence-electron chi connectivity index (χ3n) is 3.29. The molecule has 0 bridgehead atoms. The molecule has 11 heteroatoms. The van der Waals surface area contributed by atoms with Crippen molar-refractivity contribution < 1.29 is 18.0 Å². The zero-order valence-electron chi connectivity index (χ0n) is 12.6. The van der Waals surface area contributed by atoms with Crippen LogP contribution in [0.2, 0.25) is 0 Å². The van der Waals surface area contributed by atoms with Crippen LogP contribution in [0.15, 0.2) is 30.6 Å². The van der Waals surface area contributed by atoms with Crippen molar-refractivity contribution in [3.05, 3.63) is 36.2 Å². The van der Waals surface area contributed by atoms with Crippen molar-refractivity contribution in [2.45, 2.75) is 6.18 Å². The number of rotatable bonds is 3. The standard InChI is InChI=1S/C14H12F3N7O/c15-14(16,17)8-3-7(5-20-13(8)19)9-1-2-11-21-10(6-24(11)23-9)22-12(25)4-18/h1-3,5-6H,4,18H2,(H2,19,20)(H,22,25). The average Bonchev–Trinajstić information content (AvgIpc) is 2.95. The van der Waals surface area contributed by atoms with Crippen LogP contribution in [-0.2, 0) is 11.0 Å². The lowest BCUT2D eigenvalue weighted by atomic mass is 10.1. The number of imidazole rings is 1. The van der Waals surface area contributed by atoms with Crippen molar-refractivity contribution in [3.63, 3.8) is 0 Å². The Balaban J connectivity index is 2.00. The summed E-state index contributed by atoms with van der Waals surface area (Å²) >= 11 is 0. The molecule has 0 aliphatic heterocycles. The minimum atomic E-state index is -4.62. The van der Waals surface area contributed by atoms with E-state index in [4.69, 9.17) is 11.5 Å². The minimum Gasteiger partial charge on any atom is -0.383 e. The van der Waals surface area contributed by atoms with Crippen LogP contribution in [-0.4, -0.2) is 32.0 Å². The molecule has 0 unspecified atom stereocenters. The predicted molar refractivity (Wildman–Crippen MR) is 83.3 cm³/mol. The molecular weight excluding hydrogens is 339 g/mol. The Morgan fingerprint density at radius 2 is 2.08 bits per heavy atom. The number of aromatic nitrogens is 4. The number of hydrogen-bond acceptors (Lipinski definition) is 6. The van der Waals surface area contributed by atoms with Gasteiger partial charge in [0.25, 0.3) is 0 Å². The number of nitrogens with zero attached hydrogens (tertiary/aromatic N) is 4. The van der Waals surface area contributed by atoms with Crippen molar-refractivity contribution in [3.8, 4) is 11.3 Å². The van der Waals surface area contributed by atoms with Crippen molar-refractivity contribution >= 4 is 23.2 Å². The Bertz CT molecular complexity index is 951. The number of carbonyl (C=O) groups is 1. The van der Waals surface area contributed by atoms with Crippen LogP contribution in [0.25, 0.3) is 16.9 Å². The van der Waals surface area contributed by atoms with Crippen LogP contribution >= 0.6 is 0 Å². The number of alkyl halides is 3. The minimum absolute atomic E-state index is 0.143. The van der Waals surface area contributed by atoms with E-state index in [1.807, 2.05) is 0 Å². The van der Waals surface area contributed by atoms with E-state index in [1.165, 1.54) is 23.0 Å². The fourth-order valence-electron chi connectivity index (χ4n) is 2.13. The van der Waals surface area contributed by atoms with Gasteiger partial charge in [0.1, 0.15) is 5.82 Å². The van der Waals surface area contributed by atoms with E-state index in [2.05, 4.69) is 20.4 Å². The average molecular weight is 351 g/mol. The summed E-state index contributed by atoms with van der Waals surface area (Å²) in [6.07, 6.45) is -2.00. The Labute approximate surface area is 138 Å². The first-order chi connectivity index (χ1) is 11.8. The summed E-state index contributed by atoms with van der Waals surface area (Å²) in [5.41, 5.74) is 10.2. The van der Waals surface area contributed by atoms with Crippen LogP contribution in [0, 0.1) is 0 Å². The van der Waals surface area contributed by atoms with Crippen LogP contribution in [0.1, 0.15) is 5.56 Å². The molecule has 0 aliphatic rings. The summed E-state index contributed by atoms with van der Waals surface area (Å²) in [5, 5.41) is 6.64. The number of carbonyl (C=O) groups excluding carboxylic acids is 1. The maximum absolute atomic E-state index is 12.9. The molecule has 3 heterocycles. The predicted octanol–water partition coefficient (Wildman–Crippen LogP) is 1.29. The van der Waals surface area contributed by atoms with Crippen molar-refractivity contribution in [1.29, 1.82) is 0 Å². The Morgan fingerprint density at radius 1 is 1.32 bits per heavy atom. The van der Waals surface area contributed by atoms with Crippen LogP contribution in [0.4, 0.5) is 24.8 Å². The number of hydrogen-bond donors (Lipinski definition) is 3. The summed E-state index contributed by atoms with van der Waals surface area (Å²) in [6.45, 7) is -0.204. The maximum atomic E-state index is 12.9.